The SMILES string of the molecule is COc1ccc(-c2nc(Cl)c(I)c(C3CC3)n2)cc1C. The van der Waals surface area contributed by atoms with Crippen LogP contribution in [0.5, 0.6) is 5.75 Å². The smallest absolute Gasteiger partial charge is 0.161 e. The molecule has 0 saturated heterocycles. The number of rotatable bonds is 3. The molecule has 0 unspecified atom stereocenters. The van der Waals surface area contributed by atoms with Crippen molar-refractivity contribution in [3.63, 3.8) is 0 Å². The molecule has 1 saturated carbocycles. The first-order valence-electron chi connectivity index (χ1n) is 6.48. The molecule has 104 valence electrons. The van der Waals surface area contributed by atoms with Crippen molar-refractivity contribution in [2.75, 3.05) is 7.11 Å². The van der Waals surface area contributed by atoms with Gasteiger partial charge in [0, 0.05) is 11.5 Å². The second-order valence-corrected chi connectivity index (χ2v) is 6.43. The molecule has 1 aliphatic rings. The van der Waals surface area contributed by atoms with Crippen LogP contribution in [0.2, 0.25) is 5.15 Å². The quantitative estimate of drug-likeness (QED) is 0.558. The van der Waals surface area contributed by atoms with Crippen molar-refractivity contribution in [1.29, 1.82) is 0 Å². The van der Waals surface area contributed by atoms with Gasteiger partial charge in [0.05, 0.1) is 16.4 Å². The molecule has 1 aromatic carbocycles. The Balaban J connectivity index is 2.07. The first-order chi connectivity index (χ1) is 9.60. The van der Waals surface area contributed by atoms with E-state index in [4.69, 9.17) is 21.3 Å². The second-order valence-electron chi connectivity index (χ2n) is 5.00. The van der Waals surface area contributed by atoms with Gasteiger partial charge in [-0.05, 0) is 66.1 Å². The minimum atomic E-state index is 0.547. The van der Waals surface area contributed by atoms with Crippen LogP contribution in [0.3, 0.4) is 0 Å². The number of aromatic nitrogens is 2. The summed E-state index contributed by atoms with van der Waals surface area (Å²) >= 11 is 8.49. The van der Waals surface area contributed by atoms with E-state index in [1.165, 1.54) is 12.8 Å². The summed E-state index contributed by atoms with van der Waals surface area (Å²) in [6.45, 7) is 2.01. The molecule has 0 N–H and O–H groups in total. The third kappa shape index (κ3) is 2.63. The number of hydrogen-bond donors (Lipinski definition) is 0. The summed E-state index contributed by atoms with van der Waals surface area (Å²) in [5.41, 5.74) is 3.13. The zero-order valence-corrected chi connectivity index (χ0v) is 14.2. The zero-order chi connectivity index (χ0) is 14.3. The number of nitrogens with zero attached hydrogens (tertiary/aromatic N) is 2. The molecular formula is C15H14ClIN2O. The van der Waals surface area contributed by atoms with E-state index in [9.17, 15) is 0 Å². The summed E-state index contributed by atoms with van der Waals surface area (Å²) in [7, 11) is 1.67. The highest BCUT2D eigenvalue weighted by atomic mass is 127. The lowest BCUT2D eigenvalue weighted by molar-refractivity contribution is 0.412. The third-order valence-electron chi connectivity index (χ3n) is 3.45. The number of halogens is 2. The van der Waals surface area contributed by atoms with E-state index < -0.39 is 0 Å². The normalized spacial score (nSPS) is 14.4. The van der Waals surface area contributed by atoms with E-state index in [-0.39, 0.29) is 0 Å². The van der Waals surface area contributed by atoms with Gasteiger partial charge in [0.25, 0.3) is 0 Å². The van der Waals surface area contributed by atoms with E-state index in [0.717, 1.165) is 26.1 Å². The van der Waals surface area contributed by atoms with Crippen molar-refractivity contribution in [3.8, 4) is 17.1 Å². The Labute approximate surface area is 136 Å². The summed E-state index contributed by atoms with van der Waals surface area (Å²) < 4.78 is 6.27. The lowest BCUT2D eigenvalue weighted by Crippen LogP contribution is -2.00. The second kappa shape index (κ2) is 5.48. The first kappa shape index (κ1) is 14.1. The van der Waals surface area contributed by atoms with Gasteiger partial charge in [0.2, 0.25) is 0 Å². The van der Waals surface area contributed by atoms with Gasteiger partial charge in [-0.1, -0.05) is 11.6 Å². The number of methoxy groups -OCH3 is 1. The van der Waals surface area contributed by atoms with Gasteiger partial charge < -0.3 is 4.74 Å². The van der Waals surface area contributed by atoms with Crippen molar-refractivity contribution in [1.82, 2.24) is 9.97 Å². The van der Waals surface area contributed by atoms with Crippen LogP contribution in [-0.2, 0) is 0 Å². The zero-order valence-electron chi connectivity index (χ0n) is 11.3. The number of hydrogen-bond acceptors (Lipinski definition) is 3. The molecule has 0 bridgehead atoms. The van der Waals surface area contributed by atoms with Crippen LogP contribution < -0.4 is 4.74 Å². The largest absolute Gasteiger partial charge is 0.496 e. The van der Waals surface area contributed by atoms with Crippen molar-refractivity contribution in [3.05, 3.63) is 38.2 Å². The van der Waals surface area contributed by atoms with Gasteiger partial charge >= 0.3 is 0 Å². The maximum atomic E-state index is 6.26. The number of benzene rings is 1. The average molecular weight is 401 g/mol. The maximum absolute atomic E-state index is 6.26. The lowest BCUT2D eigenvalue weighted by atomic mass is 10.1. The van der Waals surface area contributed by atoms with Crippen molar-refractivity contribution < 1.29 is 4.74 Å². The van der Waals surface area contributed by atoms with Gasteiger partial charge in [-0.25, -0.2) is 9.97 Å². The van der Waals surface area contributed by atoms with Crippen molar-refractivity contribution in [2.24, 2.45) is 0 Å². The van der Waals surface area contributed by atoms with Crippen LogP contribution in [0.25, 0.3) is 11.4 Å². The maximum Gasteiger partial charge on any atom is 0.161 e. The highest BCUT2D eigenvalue weighted by molar-refractivity contribution is 14.1. The Hall–Kier alpha value is -0.880. The topological polar surface area (TPSA) is 35.0 Å². The predicted octanol–water partition coefficient (Wildman–Crippen LogP) is 4.60. The molecule has 3 nitrogen and oxygen atoms in total. The molecule has 0 atom stereocenters. The molecule has 0 aliphatic heterocycles. The van der Waals surface area contributed by atoms with Crippen LogP contribution >= 0.6 is 34.2 Å². The molecule has 5 heteroatoms. The highest BCUT2D eigenvalue weighted by Gasteiger charge is 2.29. The van der Waals surface area contributed by atoms with Gasteiger partial charge in [0.1, 0.15) is 10.9 Å². The third-order valence-corrected chi connectivity index (χ3v) is 5.11. The van der Waals surface area contributed by atoms with Crippen molar-refractivity contribution >= 4 is 34.2 Å². The Kier molecular flexibility index (Phi) is 3.86. The summed E-state index contributed by atoms with van der Waals surface area (Å²) in [5.74, 6) is 2.12. The minimum absolute atomic E-state index is 0.547. The number of ether oxygens (including phenoxy) is 1. The lowest BCUT2D eigenvalue weighted by Gasteiger charge is -2.09. The molecule has 20 heavy (non-hydrogen) atoms. The summed E-state index contributed by atoms with van der Waals surface area (Å²) in [6.07, 6.45) is 2.40. The van der Waals surface area contributed by atoms with Gasteiger partial charge in [-0.15, -0.1) is 0 Å². The molecule has 1 aromatic heterocycles. The molecule has 2 aromatic rings. The molecule has 0 radical (unpaired) electrons. The van der Waals surface area contributed by atoms with Gasteiger partial charge in [0.15, 0.2) is 5.82 Å². The Bertz CT molecular complexity index is 671. The predicted molar refractivity (Wildman–Crippen MR) is 88.5 cm³/mol. The van der Waals surface area contributed by atoms with E-state index in [1.807, 2.05) is 25.1 Å². The molecule has 1 heterocycles. The van der Waals surface area contributed by atoms with Crippen LogP contribution in [0.1, 0.15) is 30.0 Å². The van der Waals surface area contributed by atoms with Crippen LogP contribution in [-0.4, -0.2) is 17.1 Å². The first-order valence-corrected chi connectivity index (χ1v) is 7.93. The fourth-order valence-corrected chi connectivity index (χ4v) is 3.07. The molecule has 0 amide bonds. The summed E-state index contributed by atoms with van der Waals surface area (Å²) in [5, 5.41) is 0.547. The molecular weight excluding hydrogens is 387 g/mol. The molecule has 3 rings (SSSR count). The fraction of sp³-hybridized carbons (Fsp3) is 0.333. The van der Waals surface area contributed by atoms with E-state index in [1.54, 1.807) is 7.11 Å². The molecule has 1 aliphatic carbocycles. The van der Waals surface area contributed by atoms with Gasteiger partial charge in [-0.3, -0.25) is 0 Å². The Morgan fingerprint density at radius 1 is 1.30 bits per heavy atom. The van der Waals surface area contributed by atoms with Crippen LogP contribution in [0.15, 0.2) is 18.2 Å². The Morgan fingerprint density at radius 2 is 2.05 bits per heavy atom. The van der Waals surface area contributed by atoms with Gasteiger partial charge in [-0.2, -0.15) is 0 Å². The van der Waals surface area contributed by atoms with E-state index in [0.29, 0.717) is 16.9 Å². The Morgan fingerprint density at radius 3 is 2.65 bits per heavy atom. The monoisotopic (exact) mass is 400 g/mol. The standard InChI is InChI=1S/C15H14ClIN2O/c1-8-7-10(5-6-11(8)20-2)15-18-13(9-3-4-9)12(17)14(16)19-15/h5-7,9H,3-4H2,1-2H3. The van der Waals surface area contributed by atoms with E-state index in [2.05, 4.69) is 27.6 Å². The average Bonchev–Trinajstić information content (AvgIpc) is 3.26. The summed E-state index contributed by atoms with van der Waals surface area (Å²) in [4.78, 5) is 9.13. The molecule has 1 fully saturated rings. The minimum Gasteiger partial charge on any atom is -0.496 e. The fourth-order valence-electron chi connectivity index (χ4n) is 2.21. The number of aryl methyl sites for hydroxylation is 1. The highest BCUT2D eigenvalue weighted by Crippen LogP contribution is 2.42. The molecule has 0 spiro atoms. The van der Waals surface area contributed by atoms with E-state index >= 15 is 0 Å². The van der Waals surface area contributed by atoms with Crippen molar-refractivity contribution in [2.45, 2.75) is 25.7 Å². The summed E-state index contributed by atoms with van der Waals surface area (Å²) in [6, 6.07) is 5.95. The van der Waals surface area contributed by atoms with Crippen LogP contribution in [0, 0.1) is 10.5 Å². The van der Waals surface area contributed by atoms with Crippen LogP contribution in [0.4, 0.5) is 0 Å².